The maximum Gasteiger partial charge on any atom is 0.410 e. The molecule has 1 fully saturated rings. The number of allylic oxidation sites excluding steroid dienone is 1. The van der Waals surface area contributed by atoms with Crippen LogP contribution in [0.4, 0.5) is 4.79 Å². The van der Waals surface area contributed by atoms with Crippen LogP contribution in [0, 0.1) is 0 Å². The summed E-state index contributed by atoms with van der Waals surface area (Å²) < 4.78 is 12.4. The molecule has 4 nitrogen and oxygen atoms in total. The number of benzene rings is 1. The third kappa shape index (κ3) is 4.95. The van der Waals surface area contributed by atoms with E-state index in [4.69, 9.17) is 6.11 Å². The van der Waals surface area contributed by atoms with Crippen LogP contribution >= 0.6 is 0 Å². The third-order valence-electron chi connectivity index (χ3n) is 3.91. The van der Waals surface area contributed by atoms with Crippen LogP contribution in [0.1, 0.15) is 52.0 Å². The van der Waals surface area contributed by atoms with E-state index in [2.05, 4.69) is 6.07 Å². The monoisotopic (exact) mass is 317 g/mol. The minimum atomic E-state index is -0.704. The molecule has 0 saturated carbocycles. The first-order valence-electron chi connectivity index (χ1n) is 8.52. The van der Waals surface area contributed by atoms with Crippen molar-refractivity contribution in [2.45, 2.75) is 45.1 Å². The van der Waals surface area contributed by atoms with Crippen molar-refractivity contribution in [1.29, 1.82) is 0 Å². The number of carbonyl (C=O) groups is 2. The molecule has 0 atom stereocenters. The van der Waals surface area contributed by atoms with Crippen molar-refractivity contribution >= 4 is 18.4 Å². The topological polar surface area (TPSA) is 46.6 Å². The van der Waals surface area contributed by atoms with Crippen molar-refractivity contribution in [1.82, 2.24) is 4.90 Å². The summed E-state index contributed by atoms with van der Waals surface area (Å²) in [6.45, 7) is 6.93. The van der Waals surface area contributed by atoms with E-state index in [0.717, 1.165) is 18.4 Å². The van der Waals surface area contributed by atoms with Crippen LogP contribution in [0.2, 0.25) is 0 Å². The van der Waals surface area contributed by atoms with Crippen LogP contribution < -0.4 is 0 Å². The van der Waals surface area contributed by atoms with Gasteiger partial charge in [-0.15, -0.1) is 0 Å². The molecule has 0 spiro atoms. The minimum Gasteiger partial charge on any atom is -0.444 e. The fraction of sp³-hybridized carbons (Fsp3) is 0.474. The molecule has 0 unspecified atom stereocenters. The summed E-state index contributed by atoms with van der Waals surface area (Å²) in [6, 6.07) is 7.92. The van der Waals surface area contributed by atoms with Gasteiger partial charge in [-0.2, -0.15) is 0 Å². The van der Waals surface area contributed by atoms with Gasteiger partial charge in [-0.05, 0) is 56.7 Å². The number of amides is 1. The Morgan fingerprint density at radius 2 is 1.96 bits per heavy atom. The average Bonchev–Trinajstić information content (AvgIpc) is 2.52. The second-order valence-corrected chi connectivity index (χ2v) is 6.82. The number of hydrogen-bond donors (Lipinski definition) is 0. The van der Waals surface area contributed by atoms with Crippen LogP contribution in [0.15, 0.2) is 30.3 Å². The molecule has 0 N–H and O–H groups in total. The molecule has 1 heterocycles. The standard InChI is InChI=1S/C19H25NO3/c1-19(2,3)23-18(22)20-12-10-16(11-13-20)17-9-5-4-7-15(17)8-6-14-21/h4-9,14,16H,10-13H2,1-3H3/b8-6+/i14T. The minimum absolute atomic E-state index is 0.256. The summed E-state index contributed by atoms with van der Waals surface area (Å²) in [6.07, 6.45) is 3.73. The Kier molecular flexibility index (Phi) is 5.11. The Hall–Kier alpha value is -2.10. The number of rotatable bonds is 3. The van der Waals surface area contributed by atoms with Gasteiger partial charge in [-0.25, -0.2) is 4.79 Å². The number of nitrogens with zero attached hydrogens (tertiary/aromatic N) is 1. The fourth-order valence-electron chi connectivity index (χ4n) is 2.86. The molecule has 0 radical (unpaired) electrons. The molecule has 2 rings (SSSR count). The summed E-state index contributed by atoms with van der Waals surface area (Å²) >= 11 is 0. The summed E-state index contributed by atoms with van der Waals surface area (Å²) in [5.74, 6) is 0.338. The van der Waals surface area contributed by atoms with E-state index < -0.39 is 11.9 Å². The second-order valence-electron chi connectivity index (χ2n) is 6.82. The molecule has 0 bridgehead atoms. The van der Waals surface area contributed by atoms with E-state index >= 15 is 0 Å². The Morgan fingerprint density at radius 3 is 2.57 bits per heavy atom. The smallest absolute Gasteiger partial charge is 0.410 e. The predicted molar refractivity (Wildman–Crippen MR) is 91.3 cm³/mol. The zero-order valence-electron chi connectivity index (χ0n) is 15.0. The van der Waals surface area contributed by atoms with E-state index in [1.165, 1.54) is 11.6 Å². The van der Waals surface area contributed by atoms with Crippen LogP contribution in [0.3, 0.4) is 0 Å². The van der Waals surface area contributed by atoms with Gasteiger partial charge in [0, 0.05) is 13.1 Å². The number of likely N-dealkylation sites (tertiary alicyclic amines) is 1. The third-order valence-corrected chi connectivity index (χ3v) is 3.91. The van der Waals surface area contributed by atoms with Crippen molar-refractivity contribution < 1.29 is 15.7 Å². The fourth-order valence-corrected chi connectivity index (χ4v) is 2.86. The quantitative estimate of drug-likeness (QED) is 0.625. The van der Waals surface area contributed by atoms with Crippen molar-refractivity contribution in [3.8, 4) is 0 Å². The maximum atomic E-state index is 12.1. The zero-order chi connectivity index (χ0) is 17.7. The predicted octanol–water partition coefficient (Wildman–Crippen LogP) is 4.01. The van der Waals surface area contributed by atoms with Gasteiger partial charge in [0.05, 0.1) is 0 Å². The van der Waals surface area contributed by atoms with Gasteiger partial charge >= 0.3 is 6.09 Å². The van der Waals surface area contributed by atoms with Gasteiger partial charge in [0.15, 0.2) is 0 Å². The number of carbonyl (C=O) groups excluding carboxylic acids is 2. The Morgan fingerprint density at radius 1 is 1.30 bits per heavy atom. The van der Waals surface area contributed by atoms with Crippen molar-refractivity contribution in [2.75, 3.05) is 13.1 Å². The molecule has 4 heteroatoms. The summed E-state index contributed by atoms with van der Waals surface area (Å²) in [7, 11) is 0. The number of hydrogen-bond acceptors (Lipinski definition) is 3. The van der Waals surface area contributed by atoms with Gasteiger partial charge in [-0.3, -0.25) is 4.79 Å². The summed E-state index contributed by atoms with van der Waals surface area (Å²) in [4.78, 5) is 24.8. The largest absolute Gasteiger partial charge is 0.444 e. The van der Waals surface area contributed by atoms with Gasteiger partial charge in [0.1, 0.15) is 13.2 Å². The number of ether oxygens (including phenoxy) is 1. The van der Waals surface area contributed by atoms with Gasteiger partial charge in [0.2, 0.25) is 0 Å². The van der Waals surface area contributed by atoms with E-state index in [0.29, 0.717) is 19.0 Å². The molecule has 23 heavy (non-hydrogen) atoms. The molecule has 0 aromatic heterocycles. The van der Waals surface area contributed by atoms with E-state index in [1.54, 1.807) is 11.0 Å². The molecular weight excluding hydrogens is 290 g/mol. The molecule has 1 aliphatic heterocycles. The molecular formula is C19H25NO3. The van der Waals surface area contributed by atoms with Gasteiger partial charge in [-0.1, -0.05) is 30.3 Å². The lowest BCUT2D eigenvalue weighted by Crippen LogP contribution is -2.41. The molecule has 124 valence electrons. The first-order chi connectivity index (χ1) is 11.3. The number of piperidine rings is 1. The molecule has 1 aromatic carbocycles. The normalized spacial score (nSPS) is 17.2. The van der Waals surface area contributed by atoms with Crippen LogP contribution in [0.25, 0.3) is 6.08 Å². The summed E-state index contributed by atoms with van der Waals surface area (Å²) in [5, 5.41) is 0. The Balaban J connectivity index is 2.02. The van der Waals surface area contributed by atoms with Crippen molar-refractivity contribution in [3.63, 3.8) is 0 Å². The second kappa shape index (κ2) is 7.44. The highest BCUT2D eigenvalue weighted by Gasteiger charge is 2.27. The first-order valence-corrected chi connectivity index (χ1v) is 8.02. The maximum absolute atomic E-state index is 12.1. The van der Waals surface area contributed by atoms with Crippen LogP contribution in [-0.4, -0.2) is 35.9 Å². The Bertz CT molecular complexity index is 626. The zero-order valence-corrected chi connectivity index (χ0v) is 14.0. The first kappa shape index (κ1) is 15.8. The van der Waals surface area contributed by atoms with E-state index in [9.17, 15) is 9.59 Å². The number of aldehydes is 1. The Labute approximate surface area is 139 Å². The molecule has 1 amide bonds. The lowest BCUT2D eigenvalue weighted by atomic mass is 9.86. The molecule has 1 aliphatic rings. The summed E-state index contributed by atoms with van der Waals surface area (Å²) in [5.41, 5.74) is 1.65. The van der Waals surface area contributed by atoms with Crippen molar-refractivity contribution in [3.05, 3.63) is 41.5 Å². The lowest BCUT2D eigenvalue weighted by molar-refractivity contribution is -0.104. The van der Waals surface area contributed by atoms with E-state index in [-0.39, 0.29) is 6.09 Å². The lowest BCUT2D eigenvalue weighted by Gasteiger charge is -2.34. The van der Waals surface area contributed by atoms with Crippen LogP contribution in [0.5, 0.6) is 0 Å². The van der Waals surface area contributed by atoms with Crippen LogP contribution in [-0.2, 0) is 9.53 Å². The molecule has 1 aromatic rings. The van der Waals surface area contributed by atoms with Gasteiger partial charge in [0.25, 0.3) is 0 Å². The highest BCUT2D eigenvalue weighted by atomic mass is 16.6. The molecule has 1 saturated heterocycles. The van der Waals surface area contributed by atoms with Crippen molar-refractivity contribution in [2.24, 2.45) is 0 Å². The SMILES string of the molecule is [3H]C(=O)/C=C/c1ccccc1C1CCN(C(=O)OC(C)(C)C)CC1. The molecule has 0 aliphatic carbocycles. The van der Waals surface area contributed by atoms with Gasteiger partial charge < -0.3 is 9.64 Å². The van der Waals surface area contributed by atoms with E-state index in [1.807, 2.05) is 39.0 Å². The highest BCUT2D eigenvalue weighted by Crippen LogP contribution is 2.31. The highest BCUT2D eigenvalue weighted by molar-refractivity contribution is 5.74. The average molecular weight is 317 g/mol.